The Bertz CT molecular complexity index is 327. The Kier molecular flexibility index (Phi) is 10.6. The van der Waals surface area contributed by atoms with Crippen LogP contribution in [-0.2, 0) is 0 Å². The first-order chi connectivity index (χ1) is 11.0. The van der Waals surface area contributed by atoms with Gasteiger partial charge in [-0.3, -0.25) is 0 Å². The number of rotatable bonds is 11. The van der Waals surface area contributed by atoms with Gasteiger partial charge in [-0.2, -0.15) is 0 Å². The highest BCUT2D eigenvalue weighted by atomic mass is 16.3. The molecule has 0 aromatic heterocycles. The maximum atomic E-state index is 10.7. The van der Waals surface area contributed by atoms with Crippen LogP contribution in [0.3, 0.4) is 0 Å². The summed E-state index contributed by atoms with van der Waals surface area (Å²) in [7, 11) is 0. The molecule has 2 nitrogen and oxygen atoms in total. The van der Waals surface area contributed by atoms with Crippen LogP contribution in [0.15, 0.2) is 0 Å². The van der Waals surface area contributed by atoms with Crippen molar-refractivity contribution in [1.82, 2.24) is 5.32 Å². The van der Waals surface area contributed by atoms with Crippen LogP contribution in [0.4, 0.5) is 0 Å². The van der Waals surface area contributed by atoms with Crippen LogP contribution in [0.5, 0.6) is 0 Å². The predicted molar refractivity (Wildman–Crippen MR) is 100 cm³/mol. The van der Waals surface area contributed by atoms with E-state index >= 15 is 0 Å². The van der Waals surface area contributed by atoms with Crippen molar-refractivity contribution in [3.8, 4) is 12.3 Å². The molecule has 0 aromatic rings. The van der Waals surface area contributed by atoms with Gasteiger partial charge in [0.25, 0.3) is 0 Å². The van der Waals surface area contributed by atoms with Crippen molar-refractivity contribution in [3.63, 3.8) is 0 Å². The van der Waals surface area contributed by atoms with Crippen LogP contribution in [-0.4, -0.2) is 23.8 Å². The highest BCUT2D eigenvalue weighted by Gasteiger charge is 2.24. The molecule has 0 bridgehead atoms. The van der Waals surface area contributed by atoms with E-state index in [-0.39, 0.29) is 12.1 Å². The molecule has 3 unspecified atom stereocenters. The van der Waals surface area contributed by atoms with Gasteiger partial charge in [0.2, 0.25) is 0 Å². The predicted octanol–water partition coefficient (Wildman–Crippen LogP) is 4.76. The van der Waals surface area contributed by atoms with E-state index in [0.717, 1.165) is 44.6 Å². The molecule has 3 atom stereocenters. The Morgan fingerprint density at radius 1 is 1.09 bits per heavy atom. The Morgan fingerprint density at radius 2 is 1.78 bits per heavy atom. The Balaban J connectivity index is 2.44. The average molecular weight is 322 g/mol. The zero-order valence-corrected chi connectivity index (χ0v) is 15.7. The lowest BCUT2D eigenvalue weighted by Crippen LogP contribution is -2.42. The van der Waals surface area contributed by atoms with E-state index in [0.29, 0.717) is 11.8 Å². The SMILES string of the molecule is C#CCC(C)CCNC(CC1CCCCC1)C(O)CCC(C)C. The van der Waals surface area contributed by atoms with Crippen molar-refractivity contribution in [2.45, 2.75) is 97.1 Å². The Labute approximate surface area is 144 Å². The summed E-state index contributed by atoms with van der Waals surface area (Å²) in [5, 5.41) is 14.3. The molecular weight excluding hydrogens is 282 g/mol. The standard InChI is InChI=1S/C21H39NO/c1-5-9-18(4)14-15-22-20(21(23)13-12-17(2)3)16-19-10-7-6-8-11-19/h1,17-23H,6-16H2,2-4H3. The van der Waals surface area contributed by atoms with Crippen molar-refractivity contribution in [2.75, 3.05) is 6.54 Å². The summed E-state index contributed by atoms with van der Waals surface area (Å²) in [4.78, 5) is 0. The zero-order valence-electron chi connectivity index (χ0n) is 15.7. The largest absolute Gasteiger partial charge is 0.392 e. The second kappa shape index (κ2) is 11.9. The highest BCUT2D eigenvalue weighted by Crippen LogP contribution is 2.28. The highest BCUT2D eigenvalue weighted by molar-refractivity contribution is 4.86. The van der Waals surface area contributed by atoms with Crippen LogP contribution in [0.1, 0.15) is 85.0 Å². The maximum Gasteiger partial charge on any atom is 0.0693 e. The van der Waals surface area contributed by atoms with Gasteiger partial charge in [-0.25, -0.2) is 0 Å². The molecular formula is C21H39NO. The molecule has 1 saturated carbocycles. The topological polar surface area (TPSA) is 32.3 Å². The van der Waals surface area contributed by atoms with Crippen LogP contribution in [0.2, 0.25) is 0 Å². The third-order valence-electron chi connectivity index (χ3n) is 5.33. The molecule has 23 heavy (non-hydrogen) atoms. The molecule has 1 fully saturated rings. The fourth-order valence-corrected chi connectivity index (χ4v) is 3.68. The minimum Gasteiger partial charge on any atom is -0.392 e. The monoisotopic (exact) mass is 321 g/mol. The van der Waals surface area contributed by atoms with Gasteiger partial charge in [0, 0.05) is 12.5 Å². The van der Waals surface area contributed by atoms with Gasteiger partial charge in [0.05, 0.1) is 6.10 Å². The molecule has 1 aliphatic rings. The summed E-state index contributed by atoms with van der Waals surface area (Å²) < 4.78 is 0. The maximum absolute atomic E-state index is 10.7. The van der Waals surface area contributed by atoms with E-state index in [1.54, 1.807) is 0 Å². The Morgan fingerprint density at radius 3 is 2.39 bits per heavy atom. The third kappa shape index (κ3) is 9.38. The molecule has 0 spiro atoms. The quantitative estimate of drug-likeness (QED) is 0.538. The molecule has 0 saturated heterocycles. The van der Waals surface area contributed by atoms with Crippen LogP contribution < -0.4 is 5.32 Å². The fourth-order valence-electron chi connectivity index (χ4n) is 3.68. The molecule has 134 valence electrons. The van der Waals surface area contributed by atoms with Crippen molar-refractivity contribution in [3.05, 3.63) is 0 Å². The lowest BCUT2D eigenvalue weighted by atomic mass is 9.83. The van der Waals surface area contributed by atoms with Gasteiger partial charge in [-0.1, -0.05) is 52.9 Å². The molecule has 2 N–H and O–H groups in total. The van der Waals surface area contributed by atoms with Crippen LogP contribution in [0, 0.1) is 30.1 Å². The Hall–Kier alpha value is -0.520. The first kappa shape index (κ1) is 20.5. The average Bonchev–Trinajstić information content (AvgIpc) is 2.53. The summed E-state index contributed by atoms with van der Waals surface area (Å²) >= 11 is 0. The van der Waals surface area contributed by atoms with E-state index in [1.165, 1.54) is 32.1 Å². The summed E-state index contributed by atoms with van der Waals surface area (Å²) in [6.45, 7) is 7.65. The van der Waals surface area contributed by atoms with E-state index in [1.807, 2.05) is 0 Å². The number of aliphatic hydroxyl groups is 1. The van der Waals surface area contributed by atoms with Crippen LogP contribution in [0.25, 0.3) is 0 Å². The number of aliphatic hydroxyl groups excluding tert-OH is 1. The minimum absolute atomic E-state index is 0.206. The number of hydrogen-bond donors (Lipinski definition) is 2. The fraction of sp³-hybridized carbons (Fsp3) is 0.905. The van der Waals surface area contributed by atoms with Gasteiger partial charge < -0.3 is 10.4 Å². The lowest BCUT2D eigenvalue weighted by molar-refractivity contribution is 0.0944. The molecule has 0 aromatic carbocycles. The molecule has 0 aliphatic heterocycles. The second-order valence-corrected chi connectivity index (χ2v) is 8.14. The van der Waals surface area contributed by atoms with Crippen molar-refractivity contribution < 1.29 is 5.11 Å². The second-order valence-electron chi connectivity index (χ2n) is 8.14. The first-order valence-corrected chi connectivity index (χ1v) is 9.87. The molecule has 0 amide bonds. The molecule has 1 rings (SSSR count). The van der Waals surface area contributed by atoms with E-state index in [2.05, 4.69) is 32.0 Å². The summed E-state index contributed by atoms with van der Waals surface area (Å²) in [6, 6.07) is 0.259. The molecule has 0 heterocycles. The van der Waals surface area contributed by atoms with Gasteiger partial charge in [-0.05, 0) is 50.0 Å². The van der Waals surface area contributed by atoms with Crippen molar-refractivity contribution in [2.24, 2.45) is 17.8 Å². The smallest absolute Gasteiger partial charge is 0.0693 e. The van der Waals surface area contributed by atoms with Crippen molar-refractivity contribution in [1.29, 1.82) is 0 Å². The summed E-state index contributed by atoms with van der Waals surface area (Å²) in [6.07, 6.45) is 17.1. The molecule has 0 radical (unpaired) electrons. The van der Waals surface area contributed by atoms with E-state index < -0.39 is 0 Å². The minimum atomic E-state index is -0.206. The van der Waals surface area contributed by atoms with E-state index in [4.69, 9.17) is 6.42 Å². The van der Waals surface area contributed by atoms with Gasteiger partial charge in [0.15, 0.2) is 0 Å². The number of nitrogens with one attached hydrogen (secondary N) is 1. The van der Waals surface area contributed by atoms with Crippen molar-refractivity contribution >= 4 is 0 Å². The number of hydrogen-bond acceptors (Lipinski definition) is 2. The zero-order chi connectivity index (χ0) is 17.1. The summed E-state index contributed by atoms with van der Waals surface area (Å²) in [5.74, 6) is 4.78. The third-order valence-corrected chi connectivity index (χ3v) is 5.33. The van der Waals surface area contributed by atoms with Gasteiger partial charge in [0.1, 0.15) is 0 Å². The summed E-state index contributed by atoms with van der Waals surface area (Å²) in [5.41, 5.74) is 0. The van der Waals surface area contributed by atoms with Gasteiger partial charge >= 0.3 is 0 Å². The molecule has 2 heteroatoms. The van der Waals surface area contributed by atoms with Gasteiger partial charge in [-0.15, -0.1) is 12.3 Å². The normalized spacial score (nSPS) is 20.2. The number of terminal acetylenes is 1. The van der Waals surface area contributed by atoms with Crippen LogP contribution >= 0.6 is 0 Å². The lowest BCUT2D eigenvalue weighted by Gasteiger charge is -2.31. The van der Waals surface area contributed by atoms with E-state index in [9.17, 15) is 5.11 Å². The molecule has 1 aliphatic carbocycles. The first-order valence-electron chi connectivity index (χ1n) is 9.87.